The highest BCUT2D eigenvalue weighted by atomic mass is 16.5. The third-order valence-corrected chi connectivity index (χ3v) is 12.0. The molecule has 0 saturated carbocycles. The third kappa shape index (κ3) is 24.7. The molecular weight excluding hydrogens is 767 g/mol. The average molecular weight is 854 g/mol. The molecule has 0 aliphatic rings. The van der Waals surface area contributed by atoms with Gasteiger partial charge in [0.1, 0.15) is 11.5 Å². The van der Waals surface area contributed by atoms with Crippen molar-refractivity contribution in [2.24, 2.45) is 4.99 Å². The first-order chi connectivity index (χ1) is 30.5. The minimum atomic E-state index is -0.520. The molecule has 0 fully saturated rings. The summed E-state index contributed by atoms with van der Waals surface area (Å²) in [5.41, 5.74) is 3.03. The molecule has 6 heteroatoms. The summed E-state index contributed by atoms with van der Waals surface area (Å²) in [5, 5.41) is 10.7. The molecule has 346 valence electrons. The molecule has 0 spiro atoms. The molecule has 3 aromatic rings. The van der Waals surface area contributed by atoms with Crippen LogP contribution in [0.25, 0.3) is 0 Å². The lowest BCUT2D eigenvalue weighted by Gasteiger charge is -2.14. The molecule has 1 N–H and O–H groups in total. The topological polar surface area (TPSA) is 77.4 Å². The number of carbonyl (C=O) groups is 1. The maximum atomic E-state index is 13.4. The summed E-state index contributed by atoms with van der Waals surface area (Å²) < 4.78 is 18.3. The minimum Gasteiger partial charge on any atom is -0.507 e. The van der Waals surface area contributed by atoms with Crippen LogP contribution < -0.4 is 14.2 Å². The van der Waals surface area contributed by atoms with Crippen molar-refractivity contribution in [2.75, 3.05) is 13.2 Å². The van der Waals surface area contributed by atoms with E-state index in [0.29, 0.717) is 35.8 Å². The number of hydrogen-bond acceptors (Lipinski definition) is 6. The summed E-state index contributed by atoms with van der Waals surface area (Å²) in [6.07, 6.45) is 41.8. The molecular formula is C56H87NO5. The second kappa shape index (κ2) is 35.6. The van der Waals surface area contributed by atoms with E-state index < -0.39 is 5.97 Å². The van der Waals surface area contributed by atoms with Gasteiger partial charge in [0.2, 0.25) is 0 Å². The number of unbranched alkanes of at least 4 members (excludes halogenated alkanes) is 27. The van der Waals surface area contributed by atoms with Gasteiger partial charge in [0.15, 0.2) is 11.5 Å². The molecule has 6 nitrogen and oxygen atoms in total. The summed E-state index contributed by atoms with van der Waals surface area (Å²) in [4.78, 5) is 17.9. The van der Waals surface area contributed by atoms with Crippen LogP contribution >= 0.6 is 0 Å². The van der Waals surface area contributed by atoms with Gasteiger partial charge >= 0.3 is 5.97 Å². The summed E-state index contributed by atoms with van der Waals surface area (Å²) >= 11 is 0. The van der Waals surface area contributed by atoms with Crippen molar-refractivity contribution in [2.45, 2.75) is 220 Å². The fourth-order valence-corrected chi connectivity index (χ4v) is 7.96. The normalized spacial score (nSPS) is 11.4. The first-order valence-corrected chi connectivity index (χ1v) is 25.6. The maximum absolute atomic E-state index is 13.4. The van der Waals surface area contributed by atoms with E-state index in [4.69, 9.17) is 14.2 Å². The molecule has 0 heterocycles. The fraction of sp³-hybridized carbons (Fsp3) is 0.643. The molecule has 3 rings (SSSR count). The first-order valence-electron chi connectivity index (χ1n) is 25.6. The molecule has 0 aliphatic carbocycles. The van der Waals surface area contributed by atoms with Crippen molar-refractivity contribution in [1.29, 1.82) is 0 Å². The van der Waals surface area contributed by atoms with Crippen molar-refractivity contribution in [3.63, 3.8) is 0 Å². The maximum Gasteiger partial charge on any atom is 0.343 e. The highest BCUT2D eigenvalue weighted by Crippen LogP contribution is 2.31. The van der Waals surface area contributed by atoms with Gasteiger partial charge in [-0.3, -0.25) is 4.99 Å². The van der Waals surface area contributed by atoms with E-state index >= 15 is 0 Å². The molecule has 0 atom stereocenters. The van der Waals surface area contributed by atoms with E-state index in [9.17, 15) is 9.90 Å². The Kier molecular flexibility index (Phi) is 30.2. The summed E-state index contributed by atoms with van der Waals surface area (Å²) in [6.45, 7) is 7.95. The largest absolute Gasteiger partial charge is 0.507 e. The van der Waals surface area contributed by atoms with Crippen molar-refractivity contribution >= 4 is 17.9 Å². The first kappa shape index (κ1) is 52.5. The van der Waals surface area contributed by atoms with Gasteiger partial charge in [0.05, 0.1) is 24.5 Å². The summed E-state index contributed by atoms with van der Waals surface area (Å²) in [7, 11) is 0. The van der Waals surface area contributed by atoms with Crippen LogP contribution in [0.15, 0.2) is 65.7 Å². The minimum absolute atomic E-state index is 0.0111. The van der Waals surface area contributed by atoms with Crippen molar-refractivity contribution < 1.29 is 24.1 Å². The van der Waals surface area contributed by atoms with Gasteiger partial charge in [-0.25, -0.2) is 4.79 Å². The van der Waals surface area contributed by atoms with Gasteiger partial charge in [-0.15, -0.1) is 0 Å². The van der Waals surface area contributed by atoms with Crippen LogP contribution in [0.1, 0.15) is 235 Å². The molecule has 0 aromatic heterocycles. The Labute approximate surface area is 379 Å². The second-order valence-electron chi connectivity index (χ2n) is 17.7. The Morgan fingerprint density at radius 2 is 0.952 bits per heavy atom. The lowest BCUT2D eigenvalue weighted by atomic mass is 10.0. The van der Waals surface area contributed by atoms with E-state index in [1.807, 2.05) is 18.2 Å². The Morgan fingerprint density at radius 1 is 0.500 bits per heavy atom. The van der Waals surface area contributed by atoms with Crippen LogP contribution in [0.5, 0.6) is 23.0 Å². The van der Waals surface area contributed by atoms with Crippen molar-refractivity contribution in [3.8, 4) is 23.0 Å². The number of rotatable bonds is 39. The van der Waals surface area contributed by atoms with Gasteiger partial charge in [0.25, 0.3) is 0 Å². The van der Waals surface area contributed by atoms with Crippen molar-refractivity contribution in [3.05, 3.63) is 77.4 Å². The molecule has 3 aromatic carbocycles. The molecule has 0 radical (unpaired) electrons. The van der Waals surface area contributed by atoms with Gasteiger partial charge < -0.3 is 19.3 Å². The molecule has 0 amide bonds. The SMILES string of the molecule is CCCCCCCCCCCCCCCCOc1ccc(C(=O)Oc2ccc(C=Nc3ccc(CCCC)cc3)c(O)c2)cc1OCCCCCCCCCCCCCCCC. The zero-order chi connectivity index (χ0) is 44.1. The van der Waals surface area contributed by atoms with E-state index in [1.165, 1.54) is 179 Å². The Bertz CT molecular complexity index is 1580. The zero-order valence-corrected chi connectivity index (χ0v) is 39.7. The number of aromatic hydroxyl groups is 1. The predicted molar refractivity (Wildman–Crippen MR) is 263 cm³/mol. The molecule has 0 saturated heterocycles. The zero-order valence-electron chi connectivity index (χ0n) is 39.7. The lowest BCUT2D eigenvalue weighted by Crippen LogP contribution is -2.10. The third-order valence-electron chi connectivity index (χ3n) is 12.0. The monoisotopic (exact) mass is 854 g/mol. The number of benzene rings is 3. The summed E-state index contributed by atoms with van der Waals surface area (Å²) in [6, 6.07) is 18.3. The van der Waals surface area contributed by atoms with Crippen LogP contribution in [0.4, 0.5) is 5.69 Å². The Balaban J connectivity index is 1.45. The summed E-state index contributed by atoms with van der Waals surface area (Å²) in [5.74, 6) is 0.968. The van der Waals surface area contributed by atoms with Crippen LogP contribution in [-0.4, -0.2) is 30.5 Å². The van der Waals surface area contributed by atoms with Crippen LogP contribution in [0.3, 0.4) is 0 Å². The number of phenols is 1. The Morgan fingerprint density at radius 3 is 1.42 bits per heavy atom. The number of aliphatic imine (C=N–C) groups is 1. The Hall–Kier alpha value is -3.80. The number of ether oxygens (including phenoxy) is 3. The second-order valence-corrected chi connectivity index (χ2v) is 17.7. The number of aryl methyl sites for hydroxylation is 1. The van der Waals surface area contributed by atoms with Crippen molar-refractivity contribution in [1.82, 2.24) is 0 Å². The number of nitrogens with zero attached hydrogens (tertiary/aromatic N) is 1. The smallest absolute Gasteiger partial charge is 0.343 e. The number of carbonyl (C=O) groups excluding carboxylic acids is 1. The fourth-order valence-electron chi connectivity index (χ4n) is 7.96. The molecule has 0 unspecified atom stereocenters. The van der Waals surface area contributed by atoms with Gasteiger partial charge in [0, 0.05) is 17.8 Å². The number of esters is 1. The van der Waals surface area contributed by atoms with Crippen LogP contribution in [-0.2, 0) is 6.42 Å². The van der Waals surface area contributed by atoms with Gasteiger partial charge in [-0.2, -0.15) is 0 Å². The van der Waals surface area contributed by atoms with Gasteiger partial charge in [-0.1, -0.05) is 206 Å². The predicted octanol–water partition coefficient (Wildman–Crippen LogP) is 17.4. The highest BCUT2D eigenvalue weighted by molar-refractivity contribution is 5.92. The van der Waals surface area contributed by atoms with Crippen LogP contribution in [0, 0.1) is 0 Å². The number of phenolic OH excluding ortho intramolecular Hbond substituents is 1. The quantitative estimate of drug-likeness (QED) is 0.0268. The van der Waals surface area contributed by atoms with E-state index in [0.717, 1.165) is 37.8 Å². The van der Waals surface area contributed by atoms with E-state index in [-0.39, 0.29) is 11.5 Å². The molecule has 62 heavy (non-hydrogen) atoms. The van der Waals surface area contributed by atoms with E-state index in [2.05, 4.69) is 37.9 Å². The number of hydrogen-bond donors (Lipinski definition) is 1. The van der Waals surface area contributed by atoms with Crippen LogP contribution in [0.2, 0.25) is 0 Å². The average Bonchev–Trinajstić information content (AvgIpc) is 3.28. The standard InChI is InChI=1S/C56H87NO5/c1-4-7-10-12-14-16-18-20-22-24-26-28-30-32-43-60-54-42-38-49(45-55(54)61-44-33-31-29-27-25-23-21-19-17-15-13-11-8-5-2)56(59)62-52-41-37-50(53(58)46-52)47-57-51-39-35-48(36-40-51)34-9-6-3/h35-42,45-47,58H,4-34,43-44H2,1-3H3. The lowest BCUT2D eigenvalue weighted by molar-refractivity contribution is 0.0734. The molecule has 0 aliphatic heterocycles. The molecule has 0 bridgehead atoms. The highest BCUT2D eigenvalue weighted by Gasteiger charge is 2.15. The van der Waals surface area contributed by atoms with E-state index in [1.54, 1.807) is 30.5 Å². The van der Waals surface area contributed by atoms with Gasteiger partial charge in [-0.05, 0) is 73.7 Å².